The van der Waals surface area contributed by atoms with Gasteiger partial charge >= 0.3 is 0 Å². The highest BCUT2D eigenvalue weighted by Gasteiger charge is 2.46. The number of thiophene rings is 1. The number of para-hydroxylation sites is 1. The van der Waals surface area contributed by atoms with Crippen LogP contribution in [0.1, 0.15) is 22.3 Å². The molecule has 1 aliphatic rings. The largest absolute Gasteiger partial charge is 0.310 e. The molecular formula is C73H48N2S. The van der Waals surface area contributed by atoms with E-state index in [2.05, 4.69) is 301 Å². The molecule has 15 rings (SSSR count). The van der Waals surface area contributed by atoms with Gasteiger partial charge in [-0.3, -0.25) is 0 Å². The van der Waals surface area contributed by atoms with Crippen LogP contribution >= 0.6 is 11.3 Å². The number of fused-ring (bicyclic) bond motifs is 10. The quantitative estimate of drug-likeness (QED) is 0.140. The molecule has 3 heteroatoms. The second-order valence-electron chi connectivity index (χ2n) is 19.9. The number of anilines is 3. The monoisotopic (exact) mass is 984 g/mol. The normalized spacial score (nSPS) is 12.6. The van der Waals surface area contributed by atoms with Gasteiger partial charge in [-0.1, -0.05) is 224 Å². The maximum Gasteiger partial charge on any atom is 0.0714 e. The van der Waals surface area contributed by atoms with Gasteiger partial charge in [0.15, 0.2) is 0 Å². The van der Waals surface area contributed by atoms with Crippen molar-refractivity contribution in [3.05, 3.63) is 313 Å². The maximum absolute atomic E-state index is 2.51. The van der Waals surface area contributed by atoms with Crippen molar-refractivity contribution >= 4 is 70.4 Å². The molecule has 0 spiro atoms. The van der Waals surface area contributed by atoms with Gasteiger partial charge in [0.1, 0.15) is 0 Å². The molecule has 76 heavy (non-hydrogen) atoms. The van der Waals surface area contributed by atoms with Gasteiger partial charge < -0.3 is 9.47 Å². The van der Waals surface area contributed by atoms with Crippen molar-refractivity contribution < 1.29 is 0 Å². The highest BCUT2D eigenvalue weighted by atomic mass is 32.1. The smallest absolute Gasteiger partial charge is 0.0714 e. The summed E-state index contributed by atoms with van der Waals surface area (Å²) in [6.07, 6.45) is 0. The van der Waals surface area contributed by atoms with Crippen LogP contribution in [0, 0.1) is 0 Å². The van der Waals surface area contributed by atoms with Crippen molar-refractivity contribution in [3.8, 4) is 50.2 Å². The van der Waals surface area contributed by atoms with Gasteiger partial charge in [0.2, 0.25) is 0 Å². The molecule has 0 atom stereocenters. The molecule has 0 saturated carbocycles. The van der Waals surface area contributed by atoms with E-state index in [1.165, 1.54) is 109 Å². The fourth-order valence-corrected chi connectivity index (χ4v) is 13.8. The average molecular weight is 985 g/mol. The first kappa shape index (κ1) is 44.0. The van der Waals surface area contributed by atoms with Crippen LogP contribution in [0.2, 0.25) is 0 Å². The van der Waals surface area contributed by atoms with E-state index in [9.17, 15) is 0 Å². The first-order valence-electron chi connectivity index (χ1n) is 26.2. The van der Waals surface area contributed by atoms with Crippen molar-refractivity contribution in [3.63, 3.8) is 0 Å². The van der Waals surface area contributed by atoms with Gasteiger partial charge in [-0.2, -0.15) is 0 Å². The van der Waals surface area contributed by atoms with E-state index in [1.54, 1.807) is 0 Å². The van der Waals surface area contributed by atoms with Gasteiger partial charge in [0, 0.05) is 59.3 Å². The Morgan fingerprint density at radius 2 is 0.855 bits per heavy atom. The van der Waals surface area contributed by atoms with Crippen LogP contribution in [0.4, 0.5) is 17.1 Å². The van der Waals surface area contributed by atoms with E-state index >= 15 is 0 Å². The summed E-state index contributed by atoms with van der Waals surface area (Å²) in [7, 11) is 0. The molecule has 12 aromatic carbocycles. The molecule has 14 aromatic rings. The summed E-state index contributed by atoms with van der Waals surface area (Å²) in [5.41, 5.74) is 21.1. The molecule has 0 aliphatic heterocycles. The molecular weight excluding hydrogens is 937 g/mol. The number of nitrogens with zero attached hydrogens (tertiary/aromatic N) is 2. The van der Waals surface area contributed by atoms with E-state index in [1.807, 2.05) is 11.3 Å². The highest BCUT2D eigenvalue weighted by Crippen LogP contribution is 2.57. The Labute approximate surface area is 446 Å². The Kier molecular flexibility index (Phi) is 10.3. The van der Waals surface area contributed by atoms with Crippen LogP contribution in [0.3, 0.4) is 0 Å². The Morgan fingerprint density at radius 3 is 1.55 bits per heavy atom. The lowest BCUT2D eigenvalue weighted by atomic mass is 9.67. The molecule has 356 valence electrons. The average Bonchev–Trinajstić information content (AvgIpc) is 4.21. The van der Waals surface area contributed by atoms with E-state index in [0.29, 0.717) is 0 Å². The van der Waals surface area contributed by atoms with Crippen molar-refractivity contribution in [2.75, 3.05) is 4.90 Å². The van der Waals surface area contributed by atoms with E-state index < -0.39 is 5.41 Å². The molecule has 0 saturated heterocycles. The molecule has 2 aromatic heterocycles. The summed E-state index contributed by atoms with van der Waals surface area (Å²) in [5.74, 6) is 0. The molecule has 0 N–H and O–H groups in total. The molecule has 0 radical (unpaired) electrons. The summed E-state index contributed by atoms with van der Waals surface area (Å²) >= 11 is 1.89. The zero-order valence-electron chi connectivity index (χ0n) is 41.5. The summed E-state index contributed by atoms with van der Waals surface area (Å²) in [4.78, 5) is 2.44. The third-order valence-corrected chi connectivity index (χ3v) is 17.1. The number of hydrogen-bond donors (Lipinski definition) is 0. The van der Waals surface area contributed by atoms with Crippen LogP contribution in [-0.2, 0) is 5.41 Å². The second-order valence-corrected chi connectivity index (χ2v) is 21.0. The van der Waals surface area contributed by atoms with Crippen LogP contribution in [0.5, 0.6) is 0 Å². The van der Waals surface area contributed by atoms with Crippen molar-refractivity contribution in [1.82, 2.24) is 4.57 Å². The second kappa shape index (κ2) is 17.8. The summed E-state index contributed by atoms with van der Waals surface area (Å²) in [5, 5.41) is 5.05. The molecule has 0 amide bonds. The van der Waals surface area contributed by atoms with E-state index in [0.717, 1.165) is 22.7 Å². The minimum absolute atomic E-state index is 0.529. The zero-order chi connectivity index (χ0) is 50.2. The van der Waals surface area contributed by atoms with E-state index in [-0.39, 0.29) is 0 Å². The van der Waals surface area contributed by atoms with Gasteiger partial charge in [-0.05, 0) is 128 Å². The Balaban J connectivity index is 0.925. The highest BCUT2D eigenvalue weighted by molar-refractivity contribution is 7.26. The minimum atomic E-state index is -0.529. The van der Waals surface area contributed by atoms with Gasteiger partial charge in [-0.25, -0.2) is 0 Å². The molecule has 2 nitrogen and oxygen atoms in total. The SMILES string of the molecule is c1ccc(-c2ccc(N(c3ccc(-c4cc5c6ccccc6n(-c6cccc(-c7ccccc7)c6)c5c5c4sc4ccccc45)cc3)c3ccc4c(c3)C(c3ccccc3)(c3ccccc3)c3ccccc3-4)cc2)cc1. The van der Waals surface area contributed by atoms with Gasteiger partial charge in [0.05, 0.1) is 16.4 Å². The topological polar surface area (TPSA) is 8.17 Å². The number of aromatic nitrogens is 1. The lowest BCUT2D eigenvalue weighted by molar-refractivity contribution is 0.768. The van der Waals surface area contributed by atoms with Crippen molar-refractivity contribution in [2.45, 2.75) is 5.41 Å². The minimum Gasteiger partial charge on any atom is -0.310 e. The molecule has 0 fully saturated rings. The Bertz CT molecular complexity index is 4440. The number of benzene rings is 12. The predicted octanol–water partition coefficient (Wildman–Crippen LogP) is 20.0. The fourth-order valence-electron chi connectivity index (χ4n) is 12.5. The summed E-state index contributed by atoms with van der Waals surface area (Å²) < 4.78 is 5.07. The van der Waals surface area contributed by atoms with Crippen molar-refractivity contribution in [2.24, 2.45) is 0 Å². The lowest BCUT2D eigenvalue weighted by Gasteiger charge is -2.35. The van der Waals surface area contributed by atoms with Crippen LogP contribution < -0.4 is 4.90 Å². The third-order valence-electron chi connectivity index (χ3n) is 15.9. The van der Waals surface area contributed by atoms with Crippen LogP contribution in [-0.4, -0.2) is 4.57 Å². The zero-order valence-corrected chi connectivity index (χ0v) is 42.3. The standard InChI is InChI=1S/C73H48N2S/c1-5-20-49(21-6-1)51-36-40-56(41-37-51)74(59-44-45-61-60-30-13-16-33-66(60)73(67(61)47-59,54-25-9-3-10-26-54)55-27-11-4-12-28-55)57-42-38-52(39-43-57)64-48-65-62-31-14-17-34-68(62)75(58-29-19-24-53(46-58)50-22-7-2-8-23-50)71(65)70-63-32-15-18-35-69(63)76-72(64)70/h1-48H. The van der Waals surface area contributed by atoms with Crippen LogP contribution in [0.15, 0.2) is 291 Å². The molecule has 2 heterocycles. The Morgan fingerprint density at radius 1 is 0.329 bits per heavy atom. The third kappa shape index (κ3) is 6.86. The molecule has 0 unspecified atom stereocenters. The first-order chi connectivity index (χ1) is 37.7. The molecule has 1 aliphatic carbocycles. The van der Waals surface area contributed by atoms with Gasteiger partial charge in [0.25, 0.3) is 0 Å². The van der Waals surface area contributed by atoms with Crippen molar-refractivity contribution in [1.29, 1.82) is 0 Å². The predicted molar refractivity (Wildman–Crippen MR) is 322 cm³/mol. The number of hydrogen-bond acceptors (Lipinski definition) is 2. The molecule has 0 bridgehead atoms. The van der Waals surface area contributed by atoms with Gasteiger partial charge in [-0.15, -0.1) is 11.3 Å². The first-order valence-corrected chi connectivity index (χ1v) is 27.0. The van der Waals surface area contributed by atoms with Crippen LogP contribution in [0.25, 0.3) is 92.2 Å². The fraction of sp³-hybridized carbons (Fsp3) is 0.0137. The Hall–Kier alpha value is -9.54. The lowest BCUT2D eigenvalue weighted by Crippen LogP contribution is -2.28. The number of rotatable bonds is 9. The summed E-state index contributed by atoms with van der Waals surface area (Å²) in [6.45, 7) is 0. The van der Waals surface area contributed by atoms with E-state index in [4.69, 9.17) is 0 Å². The maximum atomic E-state index is 2.51. The summed E-state index contributed by atoms with van der Waals surface area (Å²) in [6, 6.07) is 107.